The molecule has 7 heterocycles. The number of benzene rings is 4. The first-order valence-corrected chi connectivity index (χ1v) is 30.4. The van der Waals surface area contributed by atoms with Crippen LogP contribution in [0.15, 0.2) is 163 Å². The third-order valence-corrected chi connectivity index (χ3v) is 17.9. The van der Waals surface area contributed by atoms with Gasteiger partial charge in [0, 0.05) is 93.9 Å². The molecular weight excluding hydrogens is 1210 g/mol. The Morgan fingerprint density at radius 2 is 0.933 bits per heavy atom. The number of carbonyl (C=O) groups is 4. The van der Waals surface area contributed by atoms with Crippen LogP contribution < -0.4 is 14.9 Å². The van der Waals surface area contributed by atoms with Crippen LogP contribution in [0.3, 0.4) is 0 Å². The van der Waals surface area contributed by atoms with Gasteiger partial charge in [-0.1, -0.05) is 48.5 Å². The molecule has 16 nitrogen and oxygen atoms in total. The highest BCUT2D eigenvalue weighted by atomic mass is 79.9. The van der Waals surface area contributed by atoms with Crippen molar-refractivity contribution in [3.8, 4) is 34.3 Å². The second-order valence-corrected chi connectivity index (χ2v) is 25.1. The van der Waals surface area contributed by atoms with E-state index in [-0.39, 0.29) is 78.8 Å². The van der Waals surface area contributed by atoms with Gasteiger partial charge in [0.25, 0.3) is 0 Å². The second kappa shape index (κ2) is 25.5. The number of ketones is 4. The number of pyridine rings is 4. The number of aryl methyl sites for hydroxylation is 4. The molecule has 10 aromatic rings. The number of rotatable bonds is 18. The van der Waals surface area contributed by atoms with Crippen molar-refractivity contribution in [2.45, 2.75) is 104 Å². The zero-order valence-corrected chi connectivity index (χ0v) is 52.8. The summed E-state index contributed by atoms with van der Waals surface area (Å²) in [6.45, 7) is 12.1. The number of carbonyl (C=O) groups excluding carboxylic acids is 4. The molecule has 458 valence electrons. The minimum atomic E-state index is -0.921. The monoisotopic (exact) mass is 1270 g/mol. The van der Waals surface area contributed by atoms with Gasteiger partial charge in [-0.25, -0.2) is 18.7 Å². The number of hydrogen-bond donors (Lipinski definition) is 0. The SMILES string of the molecule is Cc1cc2nccc(Oc3ccc(CC(=O)C4(C(=O)Cc5ccc(F)cc5)CC4)cc3)c2nc1-c1cnn(C)c1.Cc1cc2nccc(Oc3ccc(CC(=O)C4(C(=O)Cc5ccc(F)cc5)CC4)cc3)c2nc1Br.Cn1cc(B2OC(C)(C)C(C)(C)O2)cn1. The largest absolute Gasteiger partial charge is 0.498 e. The molecule has 90 heavy (non-hydrogen) atoms. The zero-order chi connectivity index (χ0) is 63.7. The molecule has 3 aliphatic rings. The van der Waals surface area contributed by atoms with Gasteiger partial charge in [0.1, 0.15) is 38.8 Å². The number of Topliss-reactive ketones (excluding diaryl/α,β-unsaturated/α-hetero) is 4. The van der Waals surface area contributed by atoms with E-state index in [2.05, 4.69) is 41.1 Å². The van der Waals surface area contributed by atoms with Gasteiger partial charge in [0.2, 0.25) is 0 Å². The third kappa shape index (κ3) is 13.9. The Hall–Kier alpha value is -8.98. The van der Waals surface area contributed by atoms with Crippen molar-refractivity contribution >= 4 is 73.7 Å². The molecule has 2 aliphatic carbocycles. The fourth-order valence-corrected chi connectivity index (χ4v) is 11.0. The van der Waals surface area contributed by atoms with Crippen LogP contribution in [0.4, 0.5) is 8.78 Å². The Morgan fingerprint density at radius 1 is 0.544 bits per heavy atom. The molecule has 6 aromatic heterocycles. The van der Waals surface area contributed by atoms with Crippen LogP contribution in [0.1, 0.15) is 86.8 Å². The first-order chi connectivity index (χ1) is 43.0. The molecule has 0 N–H and O–H groups in total. The Balaban J connectivity index is 0.000000152. The number of hydrogen-bond acceptors (Lipinski definition) is 14. The van der Waals surface area contributed by atoms with Crippen molar-refractivity contribution in [1.82, 2.24) is 39.5 Å². The van der Waals surface area contributed by atoms with Gasteiger partial charge in [-0.05, 0) is 177 Å². The minimum Gasteiger partial charge on any atom is -0.455 e. The van der Waals surface area contributed by atoms with E-state index < -0.39 is 10.8 Å². The molecule has 0 radical (unpaired) electrons. The smallest absolute Gasteiger partial charge is 0.455 e. The van der Waals surface area contributed by atoms with E-state index in [0.717, 1.165) is 60.2 Å². The van der Waals surface area contributed by atoms with Gasteiger partial charge >= 0.3 is 7.12 Å². The molecule has 0 atom stereocenters. The molecule has 0 bridgehead atoms. The Labute approximate surface area is 528 Å². The third-order valence-electron chi connectivity index (χ3n) is 17.1. The predicted octanol–water partition coefficient (Wildman–Crippen LogP) is 13.0. The minimum absolute atomic E-state index is 0.0668. The van der Waals surface area contributed by atoms with Gasteiger partial charge in [-0.3, -0.25) is 38.5 Å². The van der Waals surface area contributed by atoms with Crippen LogP contribution in [0.5, 0.6) is 23.0 Å². The zero-order valence-electron chi connectivity index (χ0n) is 51.2. The van der Waals surface area contributed by atoms with E-state index in [9.17, 15) is 28.0 Å². The fraction of sp³-hybridized carbons (Fsp3) is 0.286. The lowest BCUT2D eigenvalue weighted by Crippen LogP contribution is -2.41. The van der Waals surface area contributed by atoms with Crippen molar-refractivity contribution in [3.63, 3.8) is 0 Å². The molecule has 0 unspecified atom stereocenters. The average Bonchev–Trinajstić information content (AvgIpc) is 1.72. The number of fused-ring (bicyclic) bond motifs is 2. The van der Waals surface area contributed by atoms with E-state index >= 15 is 0 Å². The van der Waals surface area contributed by atoms with Crippen LogP contribution in [0.25, 0.3) is 33.3 Å². The summed E-state index contributed by atoms with van der Waals surface area (Å²) in [5, 5.41) is 8.37. The molecule has 1 saturated heterocycles. The molecule has 0 amide bonds. The normalized spacial score (nSPS) is 15.5. The van der Waals surface area contributed by atoms with Crippen molar-refractivity contribution in [2.75, 3.05) is 0 Å². The van der Waals surface area contributed by atoms with Gasteiger partial charge in [-0.2, -0.15) is 10.2 Å². The molecule has 0 spiro atoms. The van der Waals surface area contributed by atoms with Crippen LogP contribution in [-0.2, 0) is 68.3 Å². The second-order valence-electron chi connectivity index (χ2n) is 24.4. The van der Waals surface area contributed by atoms with Crippen molar-refractivity contribution in [3.05, 3.63) is 208 Å². The first kappa shape index (κ1) is 62.6. The average molecular weight is 1280 g/mol. The first-order valence-electron chi connectivity index (χ1n) is 29.6. The maximum atomic E-state index is 13.2. The highest BCUT2D eigenvalue weighted by Gasteiger charge is 2.56. The number of aromatic nitrogens is 8. The van der Waals surface area contributed by atoms with Crippen molar-refractivity contribution in [1.29, 1.82) is 0 Å². The molecule has 13 rings (SSSR count). The highest BCUT2D eigenvalue weighted by molar-refractivity contribution is 9.10. The molecular formula is C70H66BBrF2N8O8. The van der Waals surface area contributed by atoms with Crippen LogP contribution in [0.2, 0.25) is 0 Å². The van der Waals surface area contributed by atoms with Gasteiger partial charge in [-0.15, -0.1) is 0 Å². The lowest BCUT2D eigenvalue weighted by atomic mass is 9.82. The summed E-state index contributed by atoms with van der Waals surface area (Å²) in [5.74, 6) is 1.35. The predicted molar refractivity (Wildman–Crippen MR) is 341 cm³/mol. The summed E-state index contributed by atoms with van der Waals surface area (Å²) in [6.07, 6.45) is 13.7. The number of ether oxygens (including phenoxy) is 2. The standard InChI is InChI=1S/C32H27FN4O3.C28H22BrFN2O3.C10H17BN2O2/c1-20-15-26-31(36-30(20)23-18-35-37(2)19-23)27(11-14-34-26)40-25-9-5-22(6-10-25)17-29(39)32(12-13-32)28(38)16-21-3-7-24(33)8-4-21;1-17-14-22-26(32-27(17)29)23(10-13-31-22)35-21-8-4-19(5-9-21)16-25(34)28(11-12-28)24(33)15-18-2-6-20(30)7-3-18;1-9(2)10(3,4)15-11(14-9)8-6-12-13(5)7-8/h3-11,14-15,18-19H,12-13,16-17H2,1-2H3;2-10,13-14H,11-12,15-16H2,1H3;6-7H,1-5H3. The molecule has 4 aromatic carbocycles. The Kier molecular flexibility index (Phi) is 17.7. The topological polar surface area (TPSA) is 192 Å². The van der Waals surface area contributed by atoms with E-state index in [0.29, 0.717) is 65.3 Å². The van der Waals surface area contributed by atoms with Gasteiger partial charge in [0.15, 0.2) is 34.6 Å². The van der Waals surface area contributed by atoms with E-state index in [1.807, 2.05) is 117 Å². The summed E-state index contributed by atoms with van der Waals surface area (Å²) in [7, 11) is 3.45. The lowest BCUT2D eigenvalue weighted by molar-refractivity contribution is -0.135. The fourth-order valence-electron chi connectivity index (χ4n) is 10.7. The van der Waals surface area contributed by atoms with Crippen LogP contribution in [0, 0.1) is 36.3 Å². The lowest BCUT2D eigenvalue weighted by Gasteiger charge is -2.32. The summed E-state index contributed by atoms with van der Waals surface area (Å²) >= 11 is 3.46. The summed E-state index contributed by atoms with van der Waals surface area (Å²) < 4.78 is 54.6. The van der Waals surface area contributed by atoms with Crippen molar-refractivity contribution in [2.24, 2.45) is 24.9 Å². The van der Waals surface area contributed by atoms with Gasteiger partial charge in [0.05, 0.1) is 45.0 Å². The van der Waals surface area contributed by atoms with E-state index in [4.69, 9.17) is 23.8 Å². The Bertz CT molecular complexity index is 4320. The number of halogens is 3. The van der Waals surface area contributed by atoms with Crippen molar-refractivity contribution < 1.29 is 46.7 Å². The van der Waals surface area contributed by atoms with Gasteiger partial charge < -0.3 is 18.8 Å². The summed E-state index contributed by atoms with van der Waals surface area (Å²) in [6, 6.07) is 33.8. The molecule has 2 saturated carbocycles. The highest BCUT2D eigenvalue weighted by Crippen LogP contribution is 2.50. The summed E-state index contributed by atoms with van der Waals surface area (Å²) in [5.41, 5.74) is 8.10. The van der Waals surface area contributed by atoms with E-state index in [1.165, 1.54) is 24.3 Å². The molecule has 20 heteroatoms. The van der Waals surface area contributed by atoms with E-state index in [1.54, 1.807) is 82.7 Å². The Morgan fingerprint density at radius 3 is 1.32 bits per heavy atom. The molecule has 1 aliphatic heterocycles. The quantitative estimate of drug-likeness (QED) is 0.0447. The maximum absolute atomic E-state index is 13.2. The van der Waals surface area contributed by atoms with Crippen LogP contribution >= 0.6 is 15.9 Å². The van der Waals surface area contributed by atoms with Crippen LogP contribution in [-0.4, -0.2) is 81.0 Å². The molecule has 3 fully saturated rings. The number of nitrogens with zero attached hydrogens (tertiary/aromatic N) is 8. The summed E-state index contributed by atoms with van der Waals surface area (Å²) in [4.78, 5) is 70.2. The maximum Gasteiger partial charge on any atom is 0.498 e.